The number of ether oxygens (including phenoxy) is 2. The monoisotopic (exact) mass is 344 g/mol. The zero-order valence-electron chi connectivity index (χ0n) is 15.5. The van der Waals surface area contributed by atoms with Crippen molar-refractivity contribution in [2.75, 3.05) is 13.7 Å². The van der Waals surface area contributed by atoms with Crippen molar-refractivity contribution in [1.82, 2.24) is 0 Å². The molecule has 25 heavy (non-hydrogen) atoms. The van der Waals surface area contributed by atoms with Crippen molar-refractivity contribution < 1.29 is 19.1 Å². The van der Waals surface area contributed by atoms with E-state index in [1.165, 1.54) is 7.11 Å². The Morgan fingerprint density at radius 2 is 2.24 bits per heavy atom. The lowest BCUT2D eigenvalue weighted by Crippen LogP contribution is -2.26. The van der Waals surface area contributed by atoms with Crippen LogP contribution in [0.1, 0.15) is 46.0 Å². The van der Waals surface area contributed by atoms with E-state index in [9.17, 15) is 9.59 Å². The number of hydrogen-bond acceptors (Lipinski definition) is 4. The Labute approximate surface area is 150 Å². The highest BCUT2D eigenvalue weighted by molar-refractivity contribution is 5.93. The van der Waals surface area contributed by atoms with Gasteiger partial charge in [0.1, 0.15) is 6.61 Å². The van der Waals surface area contributed by atoms with E-state index in [1.807, 2.05) is 6.08 Å². The molecule has 0 aromatic carbocycles. The molecule has 1 aliphatic heterocycles. The number of carbonyl (C=O) groups excluding carboxylic acids is 2. The fourth-order valence-corrected chi connectivity index (χ4v) is 3.37. The molecule has 2 rings (SSSR count). The molecule has 136 valence electrons. The number of cyclic esters (lactones) is 1. The van der Waals surface area contributed by atoms with Gasteiger partial charge in [0.15, 0.2) is 0 Å². The second-order valence-electron chi connectivity index (χ2n) is 7.31. The fraction of sp³-hybridized carbons (Fsp3) is 0.524. The molecule has 0 fully saturated rings. The molecule has 0 radical (unpaired) electrons. The predicted molar refractivity (Wildman–Crippen MR) is 97.8 cm³/mol. The Hall–Kier alpha value is -2.10. The molecular formula is C21H28O4. The summed E-state index contributed by atoms with van der Waals surface area (Å²) in [4.78, 5) is 23.1. The predicted octanol–water partition coefficient (Wildman–Crippen LogP) is 4.29. The van der Waals surface area contributed by atoms with E-state index in [1.54, 1.807) is 12.2 Å². The Balaban J connectivity index is 2.12. The number of carbonyl (C=O) groups is 2. The highest BCUT2D eigenvalue weighted by Crippen LogP contribution is 2.41. The van der Waals surface area contributed by atoms with Crippen LogP contribution in [0.5, 0.6) is 0 Å². The Morgan fingerprint density at radius 3 is 2.88 bits per heavy atom. The molecule has 1 heterocycles. The molecule has 1 aliphatic carbocycles. The standard InChI is InChI=1S/C21H28O4/c1-15-8-9-16(2)21(3,12-10-17-13-19(22)25-14-17)11-6-5-7-18(15)20(23)24-4/h5-7,13,16H,1,8-12,14H2,2-4H3/b6-5-,18-7+. The molecule has 0 saturated carbocycles. The van der Waals surface area contributed by atoms with Gasteiger partial charge in [-0.2, -0.15) is 0 Å². The van der Waals surface area contributed by atoms with Gasteiger partial charge in [-0.1, -0.05) is 32.6 Å². The summed E-state index contributed by atoms with van der Waals surface area (Å²) in [7, 11) is 1.39. The Morgan fingerprint density at radius 1 is 1.48 bits per heavy atom. The van der Waals surface area contributed by atoms with E-state index in [-0.39, 0.29) is 17.4 Å². The van der Waals surface area contributed by atoms with Crippen molar-refractivity contribution in [3.8, 4) is 0 Å². The molecular weight excluding hydrogens is 316 g/mol. The lowest BCUT2D eigenvalue weighted by Gasteiger charge is -2.36. The third-order valence-electron chi connectivity index (χ3n) is 5.58. The average Bonchev–Trinajstić information content (AvgIpc) is 3.01. The van der Waals surface area contributed by atoms with Crippen LogP contribution in [0.4, 0.5) is 0 Å². The minimum absolute atomic E-state index is 0.125. The molecule has 0 aromatic heterocycles. The molecule has 0 amide bonds. The largest absolute Gasteiger partial charge is 0.465 e. The minimum Gasteiger partial charge on any atom is -0.465 e. The summed E-state index contributed by atoms with van der Waals surface area (Å²) in [5, 5.41) is 0. The van der Waals surface area contributed by atoms with Gasteiger partial charge in [-0.3, -0.25) is 0 Å². The molecule has 0 bridgehead atoms. The third-order valence-corrected chi connectivity index (χ3v) is 5.58. The molecule has 2 aliphatic rings. The van der Waals surface area contributed by atoms with Gasteiger partial charge in [-0.15, -0.1) is 0 Å². The zero-order chi connectivity index (χ0) is 18.4. The summed E-state index contributed by atoms with van der Waals surface area (Å²) in [6.45, 7) is 9.06. The van der Waals surface area contributed by atoms with E-state index in [2.05, 4.69) is 26.5 Å². The molecule has 2 atom stereocenters. The summed E-state index contributed by atoms with van der Waals surface area (Å²) < 4.78 is 9.85. The highest BCUT2D eigenvalue weighted by Gasteiger charge is 2.31. The molecule has 0 saturated heterocycles. The first-order chi connectivity index (χ1) is 11.9. The van der Waals surface area contributed by atoms with Crippen molar-refractivity contribution in [1.29, 1.82) is 0 Å². The van der Waals surface area contributed by atoms with Crippen LogP contribution in [-0.4, -0.2) is 25.7 Å². The Bertz CT molecular complexity index is 638. The number of rotatable bonds is 4. The fourth-order valence-electron chi connectivity index (χ4n) is 3.37. The zero-order valence-corrected chi connectivity index (χ0v) is 15.5. The van der Waals surface area contributed by atoms with Crippen LogP contribution in [0.25, 0.3) is 0 Å². The number of allylic oxidation sites excluding steroid dienone is 3. The molecule has 0 aromatic rings. The second-order valence-corrected chi connectivity index (χ2v) is 7.31. The van der Waals surface area contributed by atoms with Crippen molar-refractivity contribution >= 4 is 11.9 Å². The lowest BCUT2D eigenvalue weighted by atomic mass is 9.69. The van der Waals surface area contributed by atoms with Crippen LogP contribution < -0.4 is 0 Å². The van der Waals surface area contributed by atoms with Gasteiger partial charge in [0.05, 0.1) is 12.7 Å². The minimum atomic E-state index is -0.330. The van der Waals surface area contributed by atoms with Crippen molar-refractivity contribution in [2.24, 2.45) is 11.3 Å². The van der Waals surface area contributed by atoms with Crippen molar-refractivity contribution in [3.63, 3.8) is 0 Å². The summed E-state index contributed by atoms with van der Waals surface area (Å²) >= 11 is 0. The van der Waals surface area contributed by atoms with E-state index < -0.39 is 0 Å². The normalized spacial score (nSPS) is 30.8. The second kappa shape index (κ2) is 8.32. The Kier molecular flexibility index (Phi) is 6.40. The van der Waals surface area contributed by atoms with Gasteiger partial charge in [-0.25, -0.2) is 9.59 Å². The lowest BCUT2D eigenvalue weighted by molar-refractivity contribution is -0.136. The summed E-state index contributed by atoms with van der Waals surface area (Å²) in [6.07, 6.45) is 12.0. The highest BCUT2D eigenvalue weighted by atomic mass is 16.5. The summed E-state index contributed by atoms with van der Waals surface area (Å²) in [6, 6.07) is 0. The van der Waals surface area contributed by atoms with Crippen LogP contribution in [0.3, 0.4) is 0 Å². The van der Waals surface area contributed by atoms with Gasteiger partial charge < -0.3 is 9.47 Å². The maximum Gasteiger partial charge on any atom is 0.338 e. The SMILES string of the molecule is C=C1CCC(C)C(C)(CCC2=CC(=O)OC2)C/C=C\C=C/1C(=O)OC. The van der Waals surface area contributed by atoms with Gasteiger partial charge >= 0.3 is 11.9 Å². The van der Waals surface area contributed by atoms with E-state index in [0.29, 0.717) is 18.1 Å². The van der Waals surface area contributed by atoms with E-state index >= 15 is 0 Å². The topological polar surface area (TPSA) is 52.6 Å². The first-order valence-corrected chi connectivity index (χ1v) is 8.85. The first kappa shape index (κ1) is 19.2. The summed E-state index contributed by atoms with van der Waals surface area (Å²) in [5.74, 6) is -0.0937. The third kappa shape index (κ3) is 4.94. The van der Waals surface area contributed by atoms with Crippen molar-refractivity contribution in [2.45, 2.75) is 46.0 Å². The van der Waals surface area contributed by atoms with Gasteiger partial charge in [0.2, 0.25) is 0 Å². The molecule has 2 unspecified atom stereocenters. The molecule has 0 spiro atoms. The number of methoxy groups -OCH3 is 1. The van der Waals surface area contributed by atoms with Crippen LogP contribution in [0.2, 0.25) is 0 Å². The van der Waals surface area contributed by atoms with Crippen molar-refractivity contribution in [3.05, 3.63) is 47.6 Å². The molecule has 4 nitrogen and oxygen atoms in total. The van der Waals surface area contributed by atoms with Gasteiger partial charge in [-0.05, 0) is 60.7 Å². The van der Waals surface area contributed by atoms with Gasteiger partial charge in [0, 0.05) is 6.08 Å². The quantitative estimate of drug-likeness (QED) is 0.714. The van der Waals surface area contributed by atoms with Gasteiger partial charge in [0.25, 0.3) is 0 Å². The maximum absolute atomic E-state index is 11.9. The summed E-state index contributed by atoms with van der Waals surface area (Å²) in [5.41, 5.74) is 2.59. The molecule has 0 N–H and O–H groups in total. The van der Waals surface area contributed by atoms with E-state index in [0.717, 1.165) is 43.3 Å². The maximum atomic E-state index is 11.9. The van der Waals surface area contributed by atoms with Crippen LogP contribution in [-0.2, 0) is 19.1 Å². The van der Waals surface area contributed by atoms with E-state index in [4.69, 9.17) is 9.47 Å². The van der Waals surface area contributed by atoms with Crippen LogP contribution in [0.15, 0.2) is 47.6 Å². The average molecular weight is 344 g/mol. The van der Waals surface area contributed by atoms with Crippen LogP contribution in [0, 0.1) is 11.3 Å². The first-order valence-electron chi connectivity index (χ1n) is 8.85. The molecule has 4 heteroatoms. The number of hydrogen-bond donors (Lipinski definition) is 0. The smallest absolute Gasteiger partial charge is 0.338 e. The number of esters is 2. The van der Waals surface area contributed by atoms with Crippen LogP contribution >= 0.6 is 0 Å².